The number of ether oxygens (including phenoxy) is 1. The van der Waals surface area contributed by atoms with Gasteiger partial charge in [-0.15, -0.1) is 5.10 Å². The molecule has 1 N–H and O–H groups in total. The van der Waals surface area contributed by atoms with Gasteiger partial charge >= 0.3 is 0 Å². The molecule has 0 spiro atoms. The van der Waals surface area contributed by atoms with Crippen LogP contribution in [0.25, 0.3) is 0 Å². The predicted octanol–water partition coefficient (Wildman–Crippen LogP) is 1.08. The highest BCUT2D eigenvalue weighted by molar-refractivity contribution is 6.02. The molecule has 0 aliphatic heterocycles. The van der Waals surface area contributed by atoms with Gasteiger partial charge in [-0.1, -0.05) is 6.07 Å². The topological polar surface area (TPSA) is 69.0 Å². The van der Waals surface area contributed by atoms with Crippen molar-refractivity contribution in [3.05, 3.63) is 36.2 Å². The van der Waals surface area contributed by atoms with Crippen LogP contribution in [0, 0.1) is 0 Å². The summed E-state index contributed by atoms with van der Waals surface area (Å²) in [5.74, 6) is 0.383. The van der Waals surface area contributed by atoms with Gasteiger partial charge in [-0.3, -0.25) is 4.79 Å². The van der Waals surface area contributed by atoms with Crippen molar-refractivity contribution in [1.82, 2.24) is 15.0 Å². The van der Waals surface area contributed by atoms with E-state index in [2.05, 4.69) is 15.5 Å². The first kappa shape index (κ1) is 11.1. The third-order valence-corrected chi connectivity index (χ3v) is 2.16. The molecule has 0 atom stereocenters. The van der Waals surface area contributed by atoms with Crippen molar-refractivity contribution in [3.8, 4) is 5.75 Å². The standard InChI is InChI=1S/C11H12N4O2/c1-15-12-7-10(14-15)11(16)13-8-4-3-5-9(6-8)17-2/h3-7H,1-2H3,(H,13,16). The first-order valence-corrected chi connectivity index (χ1v) is 5.01. The highest BCUT2D eigenvalue weighted by Crippen LogP contribution is 2.17. The fraction of sp³-hybridized carbons (Fsp3) is 0.182. The lowest BCUT2D eigenvalue weighted by Crippen LogP contribution is -2.13. The number of aromatic nitrogens is 3. The molecule has 17 heavy (non-hydrogen) atoms. The van der Waals surface area contributed by atoms with Crippen LogP contribution >= 0.6 is 0 Å². The van der Waals surface area contributed by atoms with Crippen LogP contribution in [0.3, 0.4) is 0 Å². The molecule has 0 unspecified atom stereocenters. The van der Waals surface area contributed by atoms with E-state index in [0.717, 1.165) is 0 Å². The van der Waals surface area contributed by atoms with Gasteiger partial charge in [0, 0.05) is 18.8 Å². The second-order valence-electron chi connectivity index (χ2n) is 3.41. The molecule has 1 aromatic carbocycles. The normalized spacial score (nSPS) is 10.0. The molecular formula is C11H12N4O2. The summed E-state index contributed by atoms with van der Waals surface area (Å²) < 4.78 is 5.06. The lowest BCUT2D eigenvalue weighted by atomic mass is 10.3. The molecule has 0 saturated carbocycles. The summed E-state index contributed by atoms with van der Waals surface area (Å²) in [6.07, 6.45) is 1.41. The van der Waals surface area contributed by atoms with Crippen LogP contribution in [-0.4, -0.2) is 28.0 Å². The minimum atomic E-state index is -0.300. The predicted molar refractivity (Wildman–Crippen MR) is 62.0 cm³/mol. The van der Waals surface area contributed by atoms with Crippen LogP contribution in [0.4, 0.5) is 5.69 Å². The maximum absolute atomic E-state index is 11.8. The molecule has 1 aromatic heterocycles. The van der Waals surface area contributed by atoms with E-state index in [9.17, 15) is 4.79 Å². The average molecular weight is 232 g/mol. The van der Waals surface area contributed by atoms with Gasteiger partial charge in [-0.05, 0) is 12.1 Å². The van der Waals surface area contributed by atoms with Gasteiger partial charge < -0.3 is 10.1 Å². The molecular weight excluding hydrogens is 220 g/mol. The van der Waals surface area contributed by atoms with Crippen LogP contribution in [0.15, 0.2) is 30.5 Å². The lowest BCUT2D eigenvalue weighted by Gasteiger charge is -2.04. The number of hydrogen-bond donors (Lipinski definition) is 1. The maximum Gasteiger partial charge on any atom is 0.277 e. The molecule has 0 radical (unpaired) electrons. The van der Waals surface area contributed by atoms with E-state index in [4.69, 9.17) is 4.74 Å². The molecule has 0 aliphatic rings. The monoisotopic (exact) mass is 232 g/mol. The fourth-order valence-corrected chi connectivity index (χ4v) is 1.35. The van der Waals surface area contributed by atoms with Crippen LogP contribution < -0.4 is 10.1 Å². The van der Waals surface area contributed by atoms with E-state index in [0.29, 0.717) is 11.4 Å². The number of nitrogens with one attached hydrogen (secondary N) is 1. The van der Waals surface area contributed by atoms with Crippen LogP contribution in [0.1, 0.15) is 10.5 Å². The number of nitrogens with zero attached hydrogens (tertiary/aromatic N) is 3. The molecule has 0 saturated heterocycles. The van der Waals surface area contributed by atoms with E-state index in [1.807, 2.05) is 0 Å². The maximum atomic E-state index is 11.8. The fourth-order valence-electron chi connectivity index (χ4n) is 1.35. The highest BCUT2D eigenvalue weighted by Gasteiger charge is 2.09. The Bertz CT molecular complexity index is 536. The van der Waals surface area contributed by atoms with Gasteiger partial charge in [-0.2, -0.15) is 9.90 Å². The molecule has 88 valence electrons. The molecule has 1 heterocycles. The second-order valence-corrected chi connectivity index (χ2v) is 3.41. The Labute approximate surface area is 98.2 Å². The zero-order chi connectivity index (χ0) is 12.3. The Balaban J connectivity index is 2.12. The SMILES string of the molecule is COc1cccc(NC(=O)c2cnn(C)n2)c1. The molecule has 0 fully saturated rings. The number of anilines is 1. The number of aryl methyl sites for hydroxylation is 1. The molecule has 0 bridgehead atoms. The zero-order valence-corrected chi connectivity index (χ0v) is 9.54. The smallest absolute Gasteiger partial charge is 0.277 e. The Kier molecular flexibility index (Phi) is 3.04. The first-order chi connectivity index (χ1) is 8.19. The van der Waals surface area contributed by atoms with Crippen molar-refractivity contribution in [2.45, 2.75) is 0 Å². The Hall–Kier alpha value is -2.37. The van der Waals surface area contributed by atoms with Gasteiger partial charge in [0.25, 0.3) is 5.91 Å². The van der Waals surface area contributed by atoms with Crippen molar-refractivity contribution in [3.63, 3.8) is 0 Å². The third kappa shape index (κ3) is 2.60. The van der Waals surface area contributed by atoms with Gasteiger partial charge in [0.1, 0.15) is 5.75 Å². The molecule has 1 amide bonds. The number of methoxy groups -OCH3 is 1. The summed E-state index contributed by atoms with van der Waals surface area (Å²) in [5.41, 5.74) is 0.926. The third-order valence-electron chi connectivity index (χ3n) is 2.16. The summed E-state index contributed by atoms with van der Waals surface area (Å²) >= 11 is 0. The van der Waals surface area contributed by atoms with Gasteiger partial charge in [0.15, 0.2) is 5.69 Å². The van der Waals surface area contributed by atoms with Crippen molar-refractivity contribution >= 4 is 11.6 Å². The highest BCUT2D eigenvalue weighted by atomic mass is 16.5. The number of carbonyl (C=O) groups excluding carboxylic acids is 1. The molecule has 6 nitrogen and oxygen atoms in total. The minimum absolute atomic E-state index is 0.273. The lowest BCUT2D eigenvalue weighted by molar-refractivity contribution is 0.102. The van der Waals surface area contributed by atoms with Crippen molar-refractivity contribution in [2.24, 2.45) is 7.05 Å². The van der Waals surface area contributed by atoms with Gasteiger partial charge in [0.2, 0.25) is 0 Å². The van der Waals surface area contributed by atoms with E-state index in [1.165, 1.54) is 11.0 Å². The van der Waals surface area contributed by atoms with Gasteiger partial charge in [-0.25, -0.2) is 0 Å². The Morgan fingerprint density at radius 1 is 1.47 bits per heavy atom. The summed E-state index contributed by atoms with van der Waals surface area (Å²) in [5, 5.41) is 10.5. The van der Waals surface area contributed by atoms with Crippen molar-refractivity contribution in [1.29, 1.82) is 0 Å². The Morgan fingerprint density at radius 2 is 2.29 bits per heavy atom. The number of amides is 1. The van der Waals surface area contributed by atoms with Crippen LogP contribution in [0.2, 0.25) is 0 Å². The minimum Gasteiger partial charge on any atom is -0.497 e. The van der Waals surface area contributed by atoms with E-state index >= 15 is 0 Å². The molecule has 6 heteroatoms. The van der Waals surface area contributed by atoms with Crippen LogP contribution in [-0.2, 0) is 7.05 Å². The number of rotatable bonds is 3. The van der Waals surface area contributed by atoms with Crippen molar-refractivity contribution < 1.29 is 9.53 Å². The molecule has 2 aromatic rings. The first-order valence-electron chi connectivity index (χ1n) is 5.01. The van der Waals surface area contributed by atoms with E-state index in [-0.39, 0.29) is 11.6 Å². The summed E-state index contributed by atoms with van der Waals surface area (Å²) in [6, 6.07) is 7.11. The number of carbonyl (C=O) groups is 1. The van der Waals surface area contributed by atoms with Gasteiger partial charge in [0.05, 0.1) is 13.3 Å². The van der Waals surface area contributed by atoms with E-state index in [1.54, 1.807) is 38.4 Å². The summed E-state index contributed by atoms with van der Waals surface area (Å²) in [4.78, 5) is 13.1. The molecule has 0 aliphatic carbocycles. The second kappa shape index (κ2) is 4.65. The van der Waals surface area contributed by atoms with Crippen LogP contribution in [0.5, 0.6) is 5.75 Å². The Morgan fingerprint density at radius 3 is 2.94 bits per heavy atom. The number of hydrogen-bond acceptors (Lipinski definition) is 4. The quantitative estimate of drug-likeness (QED) is 0.859. The van der Waals surface area contributed by atoms with E-state index < -0.39 is 0 Å². The largest absolute Gasteiger partial charge is 0.497 e. The average Bonchev–Trinajstić information content (AvgIpc) is 2.76. The summed E-state index contributed by atoms with van der Waals surface area (Å²) in [6.45, 7) is 0. The molecule has 2 rings (SSSR count). The zero-order valence-electron chi connectivity index (χ0n) is 9.54. The number of benzene rings is 1. The van der Waals surface area contributed by atoms with Crippen molar-refractivity contribution in [2.75, 3.05) is 12.4 Å². The summed E-state index contributed by atoms with van der Waals surface area (Å²) in [7, 11) is 3.23.